The third kappa shape index (κ3) is 3.63. The molecule has 2 aliphatic heterocycles. The minimum absolute atomic E-state index is 0.0372. The molecular weight excluding hydrogens is 326 g/mol. The monoisotopic (exact) mass is 351 g/mol. The van der Waals surface area contributed by atoms with Gasteiger partial charge in [0, 0.05) is 11.7 Å². The van der Waals surface area contributed by atoms with E-state index in [0.717, 1.165) is 37.2 Å². The Morgan fingerprint density at radius 2 is 1.88 bits per heavy atom. The molecule has 24 heavy (non-hydrogen) atoms. The van der Waals surface area contributed by atoms with E-state index in [9.17, 15) is 13.2 Å². The van der Waals surface area contributed by atoms with Gasteiger partial charge in [-0.05, 0) is 63.0 Å². The highest BCUT2D eigenvalue weighted by molar-refractivity contribution is 7.89. The van der Waals surface area contributed by atoms with Crippen LogP contribution in [0.2, 0.25) is 0 Å². The normalized spacial score (nSPS) is 22.2. The van der Waals surface area contributed by atoms with Crippen molar-refractivity contribution in [3.8, 4) is 0 Å². The molecule has 1 fully saturated rings. The number of carbonyl (C=O) groups is 1. The molecule has 1 aromatic rings. The van der Waals surface area contributed by atoms with Gasteiger partial charge in [0.05, 0.1) is 11.4 Å². The van der Waals surface area contributed by atoms with Gasteiger partial charge in [-0.25, -0.2) is 13.6 Å². The van der Waals surface area contributed by atoms with E-state index in [1.165, 1.54) is 18.9 Å². The molecular formula is C17H25N3O3S. The lowest BCUT2D eigenvalue weighted by Crippen LogP contribution is -2.43. The lowest BCUT2D eigenvalue weighted by molar-refractivity contribution is -0.120. The molecule has 132 valence electrons. The van der Waals surface area contributed by atoms with Gasteiger partial charge in [0.1, 0.15) is 0 Å². The van der Waals surface area contributed by atoms with Crippen molar-refractivity contribution in [2.75, 3.05) is 24.5 Å². The van der Waals surface area contributed by atoms with Crippen molar-refractivity contribution in [1.82, 2.24) is 4.90 Å². The molecule has 0 saturated carbocycles. The number of benzene rings is 1. The molecule has 1 aromatic carbocycles. The number of carbonyl (C=O) groups excluding carboxylic acids is 1. The fourth-order valence-electron chi connectivity index (χ4n) is 3.73. The van der Waals surface area contributed by atoms with Gasteiger partial charge in [-0.3, -0.25) is 9.69 Å². The largest absolute Gasteiger partial charge is 0.308 e. The zero-order valence-electron chi connectivity index (χ0n) is 14.1. The smallest absolute Gasteiger partial charge is 0.241 e. The summed E-state index contributed by atoms with van der Waals surface area (Å²) in [5.41, 5.74) is 1.69. The summed E-state index contributed by atoms with van der Waals surface area (Å²) >= 11 is 0. The zero-order valence-corrected chi connectivity index (χ0v) is 14.9. The van der Waals surface area contributed by atoms with Gasteiger partial charge >= 0.3 is 0 Å². The van der Waals surface area contributed by atoms with E-state index in [2.05, 4.69) is 4.90 Å². The van der Waals surface area contributed by atoms with Gasteiger partial charge in [0.25, 0.3) is 0 Å². The molecule has 2 aliphatic rings. The Balaban J connectivity index is 1.79. The zero-order chi connectivity index (χ0) is 17.3. The van der Waals surface area contributed by atoms with E-state index >= 15 is 0 Å². The van der Waals surface area contributed by atoms with E-state index in [1.54, 1.807) is 12.1 Å². The Labute approximate surface area is 143 Å². The second kappa shape index (κ2) is 6.82. The van der Waals surface area contributed by atoms with Crippen LogP contribution in [0.15, 0.2) is 23.1 Å². The molecule has 6 nitrogen and oxygen atoms in total. The number of likely N-dealkylation sites (tertiary alicyclic amines) is 1. The first-order valence-corrected chi connectivity index (χ1v) is 10.1. The Kier molecular flexibility index (Phi) is 4.94. The summed E-state index contributed by atoms with van der Waals surface area (Å²) in [7, 11) is -3.72. The maximum Gasteiger partial charge on any atom is 0.241 e. The third-order valence-corrected chi connectivity index (χ3v) is 5.83. The number of fused-ring (bicyclic) bond motifs is 1. The summed E-state index contributed by atoms with van der Waals surface area (Å²) in [6.45, 7) is 4.38. The average molecular weight is 351 g/mol. The number of nitrogens with zero attached hydrogens (tertiary/aromatic N) is 2. The molecule has 1 amide bonds. The van der Waals surface area contributed by atoms with E-state index in [-0.39, 0.29) is 16.8 Å². The lowest BCUT2D eigenvalue weighted by atomic mass is 10.1. The van der Waals surface area contributed by atoms with Crippen LogP contribution in [0.25, 0.3) is 0 Å². The Bertz CT molecular complexity index is 725. The summed E-state index contributed by atoms with van der Waals surface area (Å²) in [6, 6.07) is 4.83. The predicted octanol–water partition coefficient (Wildman–Crippen LogP) is 1.49. The fourth-order valence-corrected chi connectivity index (χ4v) is 4.29. The standard InChI is InChI=1S/C17H25N3O3S/c1-13-10-14-11-15(24(18,22)23)6-7-16(14)20(13)17(21)12-19-8-4-2-3-5-9-19/h6-7,11,13H,2-5,8-10,12H2,1H3,(H2,18,22,23)/t13-/m0/s1. The highest BCUT2D eigenvalue weighted by atomic mass is 32.2. The van der Waals surface area contributed by atoms with Crippen LogP contribution in [0.4, 0.5) is 5.69 Å². The molecule has 0 bridgehead atoms. The fraction of sp³-hybridized carbons (Fsp3) is 0.588. The predicted molar refractivity (Wildman–Crippen MR) is 93.4 cm³/mol. The number of nitrogens with two attached hydrogens (primary N) is 1. The highest BCUT2D eigenvalue weighted by Gasteiger charge is 2.32. The molecule has 0 unspecified atom stereocenters. The summed E-state index contributed by atoms with van der Waals surface area (Å²) < 4.78 is 23.0. The maximum absolute atomic E-state index is 12.8. The molecule has 0 radical (unpaired) electrons. The minimum atomic E-state index is -3.72. The van der Waals surface area contributed by atoms with Crippen molar-refractivity contribution in [3.63, 3.8) is 0 Å². The third-order valence-electron chi connectivity index (χ3n) is 4.92. The van der Waals surface area contributed by atoms with Crippen LogP contribution >= 0.6 is 0 Å². The summed E-state index contributed by atoms with van der Waals surface area (Å²) in [5, 5.41) is 5.20. The van der Waals surface area contributed by atoms with Gasteiger partial charge < -0.3 is 4.90 Å². The Morgan fingerprint density at radius 1 is 1.21 bits per heavy atom. The maximum atomic E-state index is 12.8. The Morgan fingerprint density at radius 3 is 2.50 bits per heavy atom. The molecule has 0 aliphatic carbocycles. The van der Waals surface area contributed by atoms with E-state index < -0.39 is 10.0 Å². The van der Waals surface area contributed by atoms with Crippen molar-refractivity contribution in [1.29, 1.82) is 0 Å². The topological polar surface area (TPSA) is 83.7 Å². The van der Waals surface area contributed by atoms with Crippen molar-refractivity contribution in [2.24, 2.45) is 5.14 Å². The number of hydrogen-bond donors (Lipinski definition) is 1. The van der Waals surface area contributed by atoms with Gasteiger partial charge in [-0.15, -0.1) is 0 Å². The second-order valence-electron chi connectivity index (χ2n) is 6.84. The highest BCUT2D eigenvalue weighted by Crippen LogP contribution is 2.33. The van der Waals surface area contributed by atoms with Gasteiger partial charge in [-0.2, -0.15) is 0 Å². The van der Waals surface area contributed by atoms with Crippen LogP contribution in [0.3, 0.4) is 0 Å². The van der Waals surface area contributed by atoms with Crippen molar-refractivity contribution in [2.45, 2.75) is 50.0 Å². The quantitative estimate of drug-likeness (QED) is 0.894. The van der Waals surface area contributed by atoms with Gasteiger partial charge in [0.15, 0.2) is 0 Å². The lowest BCUT2D eigenvalue weighted by Gasteiger charge is -2.27. The second-order valence-corrected chi connectivity index (χ2v) is 8.40. The number of primary sulfonamides is 1. The molecule has 7 heteroatoms. The minimum Gasteiger partial charge on any atom is -0.308 e. The molecule has 0 spiro atoms. The van der Waals surface area contributed by atoms with E-state index in [4.69, 9.17) is 5.14 Å². The van der Waals surface area contributed by atoms with E-state index in [1.807, 2.05) is 11.8 Å². The molecule has 1 atom stereocenters. The van der Waals surface area contributed by atoms with Crippen molar-refractivity contribution >= 4 is 21.6 Å². The first-order chi connectivity index (χ1) is 11.4. The average Bonchev–Trinajstić information content (AvgIpc) is 2.66. The molecule has 3 rings (SSSR count). The van der Waals surface area contributed by atoms with Crippen LogP contribution < -0.4 is 10.0 Å². The SMILES string of the molecule is C[C@H]1Cc2cc(S(N)(=O)=O)ccc2N1C(=O)CN1CCCCCC1. The summed E-state index contributed by atoms with van der Waals surface area (Å²) in [6.07, 6.45) is 5.44. The van der Waals surface area contributed by atoms with Crippen molar-refractivity contribution < 1.29 is 13.2 Å². The molecule has 2 N–H and O–H groups in total. The first-order valence-electron chi connectivity index (χ1n) is 8.56. The summed E-state index contributed by atoms with van der Waals surface area (Å²) in [5.74, 6) is 0.0894. The van der Waals surface area contributed by atoms with Crippen LogP contribution in [0.1, 0.15) is 38.2 Å². The van der Waals surface area contributed by atoms with Crippen LogP contribution in [0.5, 0.6) is 0 Å². The summed E-state index contributed by atoms with van der Waals surface area (Å²) in [4.78, 5) is 17.0. The number of amides is 1. The van der Waals surface area contributed by atoms with Crippen LogP contribution in [-0.4, -0.2) is 44.9 Å². The number of rotatable bonds is 3. The van der Waals surface area contributed by atoms with Gasteiger partial charge in [-0.1, -0.05) is 12.8 Å². The first kappa shape index (κ1) is 17.4. The number of sulfonamides is 1. The molecule has 1 saturated heterocycles. The molecule has 2 heterocycles. The van der Waals surface area contributed by atoms with Crippen LogP contribution in [0, 0.1) is 0 Å². The van der Waals surface area contributed by atoms with E-state index in [0.29, 0.717) is 13.0 Å². The Hall–Kier alpha value is -1.44. The number of anilines is 1. The number of hydrogen-bond acceptors (Lipinski definition) is 4. The van der Waals surface area contributed by atoms with Gasteiger partial charge in [0.2, 0.25) is 15.9 Å². The molecule has 0 aromatic heterocycles. The van der Waals surface area contributed by atoms with Crippen molar-refractivity contribution in [3.05, 3.63) is 23.8 Å². The van der Waals surface area contributed by atoms with Crippen LogP contribution in [-0.2, 0) is 21.2 Å².